The average molecular weight is 240 g/mol. The lowest BCUT2D eigenvalue weighted by atomic mass is 10.0. The number of hydrogen-bond donors (Lipinski definition) is 1. The summed E-state index contributed by atoms with van der Waals surface area (Å²) in [5.41, 5.74) is 1.93. The molecular formula is C14H12N2O2. The molecule has 4 nitrogen and oxygen atoms in total. The molecule has 4 heteroatoms. The molecule has 1 N–H and O–H groups in total. The van der Waals surface area contributed by atoms with Crippen LogP contribution in [0.3, 0.4) is 0 Å². The maximum atomic E-state index is 10.2. The molecule has 0 aliphatic carbocycles. The summed E-state index contributed by atoms with van der Waals surface area (Å²) in [5, 5.41) is 18.9. The van der Waals surface area contributed by atoms with Crippen molar-refractivity contribution in [3.8, 4) is 11.8 Å². The highest BCUT2D eigenvalue weighted by molar-refractivity contribution is 5.36. The number of aromatic nitrogens is 1. The number of pyridine rings is 1. The Morgan fingerprint density at radius 2 is 1.94 bits per heavy atom. The lowest BCUT2D eigenvalue weighted by molar-refractivity contribution is 0.219. The van der Waals surface area contributed by atoms with Crippen LogP contribution in [0.15, 0.2) is 42.7 Å². The molecule has 0 saturated heterocycles. The van der Waals surface area contributed by atoms with Crippen LogP contribution >= 0.6 is 0 Å². The fourth-order valence-electron chi connectivity index (χ4n) is 1.63. The van der Waals surface area contributed by atoms with Crippen LogP contribution < -0.4 is 4.74 Å². The summed E-state index contributed by atoms with van der Waals surface area (Å²) < 4.78 is 5.06. The van der Waals surface area contributed by atoms with E-state index in [2.05, 4.69) is 4.98 Å². The molecule has 90 valence electrons. The van der Waals surface area contributed by atoms with Gasteiger partial charge >= 0.3 is 0 Å². The van der Waals surface area contributed by atoms with Gasteiger partial charge in [-0.1, -0.05) is 12.1 Å². The average Bonchev–Trinajstić information content (AvgIpc) is 2.46. The Morgan fingerprint density at radius 1 is 1.22 bits per heavy atom. The zero-order valence-corrected chi connectivity index (χ0v) is 9.87. The predicted octanol–water partition coefficient (Wildman–Crippen LogP) is 2.04. The van der Waals surface area contributed by atoms with Crippen molar-refractivity contribution >= 4 is 0 Å². The van der Waals surface area contributed by atoms with Crippen molar-refractivity contribution in [1.29, 1.82) is 5.26 Å². The molecule has 18 heavy (non-hydrogen) atoms. The molecule has 2 rings (SSSR count). The second-order valence-corrected chi connectivity index (χ2v) is 3.79. The van der Waals surface area contributed by atoms with Gasteiger partial charge in [-0.2, -0.15) is 5.26 Å². The SMILES string of the molecule is COc1cncc(C(O)c2ccc(C#N)cc2)c1. The van der Waals surface area contributed by atoms with Gasteiger partial charge in [0.1, 0.15) is 11.9 Å². The van der Waals surface area contributed by atoms with Crippen molar-refractivity contribution in [2.45, 2.75) is 6.10 Å². The second kappa shape index (κ2) is 5.30. The van der Waals surface area contributed by atoms with Crippen LogP contribution in [-0.2, 0) is 0 Å². The van der Waals surface area contributed by atoms with Crippen molar-refractivity contribution in [2.24, 2.45) is 0 Å². The van der Waals surface area contributed by atoms with E-state index in [4.69, 9.17) is 10.00 Å². The Labute approximate surface area is 105 Å². The molecule has 0 radical (unpaired) electrons. The van der Waals surface area contributed by atoms with Gasteiger partial charge in [-0.05, 0) is 23.8 Å². The van der Waals surface area contributed by atoms with Crippen LogP contribution in [-0.4, -0.2) is 17.2 Å². The summed E-state index contributed by atoms with van der Waals surface area (Å²) in [6, 6.07) is 10.6. The first kappa shape index (κ1) is 12.1. The van der Waals surface area contributed by atoms with Crippen molar-refractivity contribution in [2.75, 3.05) is 7.11 Å². The van der Waals surface area contributed by atoms with E-state index in [0.29, 0.717) is 22.4 Å². The standard InChI is InChI=1S/C14H12N2O2/c1-18-13-6-12(8-16-9-13)14(17)11-4-2-10(7-15)3-5-11/h2-6,8-9,14,17H,1H3. The number of benzene rings is 1. The summed E-state index contributed by atoms with van der Waals surface area (Å²) in [5.74, 6) is 0.597. The van der Waals surface area contributed by atoms with Crippen LogP contribution in [0.5, 0.6) is 5.75 Å². The minimum Gasteiger partial charge on any atom is -0.495 e. The molecular weight excluding hydrogens is 228 g/mol. The molecule has 0 fully saturated rings. The first-order chi connectivity index (χ1) is 8.74. The molecule has 0 bridgehead atoms. The highest BCUT2D eigenvalue weighted by atomic mass is 16.5. The third-order valence-corrected chi connectivity index (χ3v) is 2.64. The van der Waals surface area contributed by atoms with E-state index in [1.165, 1.54) is 0 Å². The molecule has 2 aromatic rings. The van der Waals surface area contributed by atoms with Gasteiger partial charge in [-0.3, -0.25) is 4.98 Å². The molecule has 0 spiro atoms. The maximum Gasteiger partial charge on any atom is 0.137 e. The molecule has 0 aliphatic heterocycles. The number of rotatable bonds is 3. The lowest BCUT2D eigenvalue weighted by Gasteiger charge is -2.11. The number of aliphatic hydroxyl groups is 1. The van der Waals surface area contributed by atoms with Crippen LogP contribution in [0.1, 0.15) is 22.8 Å². The topological polar surface area (TPSA) is 66.1 Å². The largest absolute Gasteiger partial charge is 0.495 e. The molecule has 1 unspecified atom stereocenters. The van der Waals surface area contributed by atoms with E-state index >= 15 is 0 Å². The molecule has 0 amide bonds. The molecule has 0 aliphatic rings. The van der Waals surface area contributed by atoms with Crippen LogP contribution in [0.25, 0.3) is 0 Å². The van der Waals surface area contributed by atoms with Crippen molar-refractivity contribution in [3.63, 3.8) is 0 Å². The minimum atomic E-state index is -0.777. The fourth-order valence-corrected chi connectivity index (χ4v) is 1.63. The summed E-state index contributed by atoms with van der Waals surface area (Å²) in [6.07, 6.45) is 2.39. The summed E-state index contributed by atoms with van der Waals surface area (Å²) >= 11 is 0. The van der Waals surface area contributed by atoms with Gasteiger partial charge in [-0.25, -0.2) is 0 Å². The first-order valence-corrected chi connectivity index (χ1v) is 5.41. The molecule has 1 heterocycles. The number of ether oxygens (including phenoxy) is 1. The molecule has 1 aromatic carbocycles. The van der Waals surface area contributed by atoms with E-state index in [1.807, 2.05) is 6.07 Å². The summed E-state index contributed by atoms with van der Waals surface area (Å²) in [7, 11) is 1.55. The number of hydrogen-bond acceptors (Lipinski definition) is 4. The van der Waals surface area contributed by atoms with Gasteiger partial charge in [0.2, 0.25) is 0 Å². The Kier molecular flexibility index (Phi) is 3.56. The Bertz CT molecular complexity index is 573. The van der Waals surface area contributed by atoms with E-state index in [0.717, 1.165) is 0 Å². The van der Waals surface area contributed by atoms with Gasteiger partial charge in [0.05, 0.1) is 24.9 Å². The van der Waals surface area contributed by atoms with E-state index in [9.17, 15) is 5.11 Å². The third-order valence-electron chi connectivity index (χ3n) is 2.64. The zero-order valence-electron chi connectivity index (χ0n) is 9.87. The van der Waals surface area contributed by atoms with Crippen LogP contribution in [0.2, 0.25) is 0 Å². The van der Waals surface area contributed by atoms with E-state index < -0.39 is 6.10 Å². The minimum absolute atomic E-state index is 0.565. The quantitative estimate of drug-likeness (QED) is 0.891. The van der Waals surface area contributed by atoms with Gasteiger partial charge in [0.25, 0.3) is 0 Å². The van der Waals surface area contributed by atoms with Crippen molar-refractivity contribution in [3.05, 3.63) is 59.4 Å². The first-order valence-electron chi connectivity index (χ1n) is 5.41. The van der Waals surface area contributed by atoms with Crippen molar-refractivity contribution < 1.29 is 9.84 Å². The zero-order chi connectivity index (χ0) is 13.0. The van der Waals surface area contributed by atoms with Gasteiger partial charge in [-0.15, -0.1) is 0 Å². The van der Waals surface area contributed by atoms with Gasteiger partial charge in [0, 0.05) is 11.8 Å². The number of aliphatic hydroxyl groups excluding tert-OH is 1. The highest BCUT2D eigenvalue weighted by Gasteiger charge is 2.11. The normalized spacial score (nSPS) is 11.6. The third kappa shape index (κ3) is 2.47. The Hall–Kier alpha value is -2.38. The second-order valence-electron chi connectivity index (χ2n) is 3.79. The molecule has 1 atom stereocenters. The number of nitrogens with zero attached hydrogens (tertiary/aromatic N) is 2. The number of methoxy groups -OCH3 is 1. The monoisotopic (exact) mass is 240 g/mol. The Morgan fingerprint density at radius 3 is 2.56 bits per heavy atom. The van der Waals surface area contributed by atoms with E-state index in [-0.39, 0.29) is 0 Å². The highest BCUT2D eigenvalue weighted by Crippen LogP contribution is 2.24. The summed E-state index contributed by atoms with van der Waals surface area (Å²) in [4.78, 5) is 4.00. The number of nitriles is 1. The van der Waals surface area contributed by atoms with Gasteiger partial charge < -0.3 is 9.84 Å². The van der Waals surface area contributed by atoms with Crippen LogP contribution in [0.4, 0.5) is 0 Å². The fraction of sp³-hybridized carbons (Fsp3) is 0.143. The Balaban J connectivity index is 2.29. The predicted molar refractivity (Wildman–Crippen MR) is 66.0 cm³/mol. The van der Waals surface area contributed by atoms with Gasteiger partial charge in [0.15, 0.2) is 0 Å². The molecule has 1 aromatic heterocycles. The maximum absolute atomic E-state index is 10.2. The van der Waals surface area contributed by atoms with Crippen LogP contribution in [0, 0.1) is 11.3 Å². The summed E-state index contributed by atoms with van der Waals surface area (Å²) in [6.45, 7) is 0. The smallest absolute Gasteiger partial charge is 0.137 e. The lowest BCUT2D eigenvalue weighted by Crippen LogP contribution is -2.00. The van der Waals surface area contributed by atoms with Crippen molar-refractivity contribution in [1.82, 2.24) is 4.98 Å². The van der Waals surface area contributed by atoms with E-state index in [1.54, 1.807) is 49.8 Å². The molecule has 0 saturated carbocycles.